The summed E-state index contributed by atoms with van der Waals surface area (Å²) in [6.07, 6.45) is 2.09. The Hall–Kier alpha value is -2.66. The van der Waals surface area contributed by atoms with Crippen molar-refractivity contribution < 1.29 is 9.18 Å². The summed E-state index contributed by atoms with van der Waals surface area (Å²) in [5, 5.41) is 0.927. The van der Waals surface area contributed by atoms with E-state index in [2.05, 4.69) is 4.98 Å². The molecule has 0 saturated carbocycles. The Morgan fingerprint density at radius 3 is 2.79 bits per heavy atom. The molecule has 24 heavy (non-hydrogen) atoms. The fraction of sp³-hybridized carbons (Fsp3) is 0.211. The minimum atomic E-state index is -0.313. The van der Waals surface area contributed by atoms with E-state index in [1.165, 1.54) is 12.1 Å². The van der Waals surface area contributed by atoms with E-state index in [1.807, 2.05) is 36.4 Å². The van der Waals surface area contributed by atoms with Crippen LogP contribution in [0.4, 0.5) is 4.39 Å². The van der Waals surface area contributed by atoms with E-state index in [4.69, 9.17) is 5.73 Å². The molecule has 122 valence electrons. The quantitative estimate of drug-likeness (QED) is 0.778. The standard InChI is InChI=1S/C19H18FN3O/c20-14-8-13(15-6-7-22-17(15)9-14)11-23-18(24)10-16(21)19(23)12-4-2-1-3-5-12/h1-9,16,19,22H,10-11,21H2/t16-,19+/m0/s1. The summed E-state index contributed by atoms with van der Waals surface area (Å²) < 4.78 is 13.9. The van der Waals surface area contributed by atoms with Crippen LogP contribution < -0.4 is 5.73 Å². The average Bonchev–Trinajstić information content (AvgIpc) is 3.13. The van der Waals surface area contributed by atoms with Gasteiger partial charge in [-0.05, 0) is 29.3 Å². The summed E-state index contributed by atoms with van der Waals surface area (Å²) in [5.41, 5.74) is 8.76. The molecular weight excluding hydrogens is 305 g/mol. The van der Waals surface area contributed by atoms with Gasteiger partial charge in [0.1, 0.15) is 5.82 Å². The Kier molecular flexibility index (Phi) is 3.58. The number of carbonyl (C=O) groups excluding carboxylic acids is 1. The molecule has 0 aliphatic carbocycles. The first-order valence-corrected chi connectivity index (χ1v) is 7.99. The van der Waals surface area contributed by atoms with Crippen molar-refractivity contribution >= 4 is 16.8 Å². The maximum atomic E-state index is 13.9. The number of nitrogens with zero attached hydrogens (tertiary/aromatic N) is 1. The van der Waals surface area contributed by atoms with E-state index in [9.17, 15) is 9.18 Å². The van der Waals surface area contributed by atoms with E-state index in [1.54, 1.807) is 11.1 Å². The molecule has 1 saturated heterocycles. The number of aromatic amines is 1. The molecule has 0 bridgehead atoms. The number of fused-ring (bicyclic) bond motifs is 1. The maximum absolute atomic E-state index is 13.9. The molecule has 3 N–H and O–H groups in total. The van der Waals surface area contributed by atoms with Gasteiger partial charge in [-0.2, -0.15) is 0 Å². The fourth-order valence-corrected chi connectivity index (χ4v) is 3.60. The van der Waals surface area contributed by atoms with Crippen LogP contribution in [0.2, 0.25) is 0 Å². The number of benzene rings is 2. The number of H-pyrrole nitrogens is 1. The third-order valence-electron chi connectivity index (χ3n) is 4.67. The van der Waals surface area contributed by atoms with Crippen LogP contribution in [0.3, 0.4) is 0 Å². The molecular formula is C19H18FN3O. The Morgan fingerprint density at radius 1 is 1.21 bits per heavy atom. The number of halogens is 1. The highest BCUT2D eigenvalue weighted by atomic mass is 19.1. The van der Waals surface area contributed by atoms with Gasteiger partial charge in [0, 0.05) is 36.1 Å². The van der Waals surface area contributed by atoms with E-state index in [0.717, 1.165) is 22.0 Å². The van der Waals surface area contributed by atoms with Gasteiger partial charge in [-0.25, -0.2) is 4.39 Å². The number of likely N-dealkylation sites (tertiary alicyclic amines) is 1. The molecule has 1 fully saturated rings. The van der Waals surface area contributed by atoms with Crippen LogP contribution in [-0.2, 0) is 11.3 Å². The summed E-state index contributed by atoms with van der Waals surface area (Å²) >= 11 is 0. The Balaban J connectivity index is 1.73. The van der Waals surface area contributed by atoms with Crippen molar-refractivity contribution in [2.24, 2.45) is 5.73 Å². The second kappa shape index (κ2) is 5.76. The zero-order valence-corrected chi connectivity index (χ0v) is 13.1. The van der Waals surface area contributed by atoms with Gasteiger partial charge in [0.05, 0.1) is 6.04 Å². The van der Waals surface area contributed by atoms with E-state index < -0.39 is 0 Å². The van der Waals surface area contributed by atoms with Gasteiger partial charge in [0.2, 0.25) is 5.91 Å². The van der Waals surface area contributed by atoms with Crippen LogP contribution in [0, 0.1) is 5.82 Å². The lowest BCUT2D eigenvalue weighted by Crippen LogP contribution is -2.32. The number of amides is 1. The summed E-state index contributed by atoms with van der Waals surface area (Å²) in [4.78, 5) is 17.3. The summed E-state index contributed by atoms with van der Waals surface area (Å²) in [5.74, 6) is -0.309. The van der Waals surface area contributed by atoms with Crippen molar-refractivity contribution in [1.29, 1.82) is 0 Å². The molecule has 0 spiro atoms. The van der Waals surface area contributed by atoms with Crippen molar-refractivity contribution in [3.63, 3.8) is 0 Å². The number of nitrogens with two attached hydrogens (primary N) is 1. The SMILES string of the molecule is N[C@H]1CC(=O)N(Cc2cc(F)cc3[nH]ccc23)[C@@H]1c1ccccc1. The molecule has 1 aliphatic heterocycles. The molecule has 0 radical (unpaired) electrons. The van der Waals surface area contributed by atoms with E-state index in [0.29, 0.717) is 13.0 Å². The van der Waals surface area contributed by atoms with Crippen molar-refractivity contribution in [3.05, 3.63) is 71.7 Å². The average molecular weight is 323 g/mol. The van der Waals surface area contributed by atoms with Gasteiger partial charge < -0.3 is 15.6 Å². The molecule has 4 nitrogen and oxygen atoms in total. The first-order valence-electron chi connectivity index (χ1n) is 7.99. The lowest BCUT2D eigenvalue weighted by atomic mass is 10.00. The van der Waals surface area contributed by atoms with Gasteiger partial charge in [0.25, 0.3) is 0 Å². The third kappa shape index (κ3) is 2.47. The minimum absolute atomic E-state index is 0.00398. The first-order chi connectivity index (χ1) is 11.6. The van der Waals surface area contributed by atoms with Crippen LogP contribution in [0.5, 0.6) is 0 Å². The number of carbonyl (C=O) groups is 1. The smallest absolute Gasteiger partial charge is 0.225 e. The van der Waals surface area contributed by atoms with Crippen LogP contribution in [0.25, 0.3) is 10.9 Å². The predicted molar refractivity (Wildman–Crippen MR) is 90.6 cm³/mol. The fourth-order valence-electron chi connectivity index (χ4n) is 3.60. The molecule has 1 aromatic heterocycles. The normalized spacial score (nSPS) is 20.9. The maximum Gasteiger partial charge on any atom is 0.225 e. The number of rotatable bonds is 3. The second-order valence-corrected chi connectivity index (χ2v) is 6.25. The monoisotopic (exact) mass is 323 g/mol. The van der Waals surface area contributed by atoms with Crippen LogP contribution in [0.1, 0.15) is 23.6 Å². The van der Waals surface area contributed by atoms with Gasteiger partial charge in [0.15, 0.2) is 0 Å². The van der Waals surface area contributed by atoms with Gasteiger partial charge in [-0.3, -0.25) is 4.79 Å². The number of aromatic nitrogens is 1. The first kappa shape index (κ1) is 14.9. The lowest BCUT2D eigenvalue weighted by molar-refractivity contribution is -0.129. The van der Waals surface area contributed by atoms with E-state index in [-0.39, 0.29) is 23.8 Å². The summed E-state index contributed by atoms with van der Waals surface area (Å²) in [7, 11) is 0. The molecule has 2 atom stereocenters. The largest absolute Gasteiger partial charge is 0.361 e. The topological polar surface area (TPSA) is 62.1 Å². The molecule has 1 aliphatic rings. The number of nitrogens with one attached hydrogen (secondary N) is 1. The Morgan fingerprint density at radius 2 is 2.00 bits per heavy atom. The highest BCUT2D eigenvalue weighted by molar-refractivity contribution is 5.85. The molecule has 5 heteroatoms. The summed E-state index contributed by atoms with van der Waals surface area (Å²) in [6.45, 7) is 0.345. The zero-order chi connectivity index (χ0) is 16.7. The molecule has 3 aromatic rings. The molecule has 2 heterocycles. The predicted octanol–water partition coefficient (Wildman–Crippen LogP) is 3.11. The highest BCUT2D eigenvalue weighted by Gasteiger charge is 2.38. The van der Waals surface area contributed by atoms with Gasteiger partial charge in [-0.1, -0.05) is 30.3 Å². The van der Waals surface area contributed by atoms with Crippen molar-refractivity contribution in [3.8, 4) is 0 Å². The number of hydrogen-bond acceptors (Lipinski definition) is 2. The van der Waals surface area contributed by atoms with Gasteiger partial charge in [-0.15, -0.1) is 0 Å². The molecule has 2 aromatic carbocycles. The zero-order valence-electron chi connectivity index (χ0n) is 13.1. The summed E-state index contributed by atoms with van der Waals surface area (Å²) in [6, 6.07) is 14.2. The van der Waals surface area contributed by atoms with Crippen molar-refractivity contribution in [2.45, 2.75) is 25.0 Å². The second-order valence-electron chi connectivity index (χ2n) is 6.25. The Labute approximate surface area is 139 Å². The lowest BCUT2D eigenvalue weighted by Gasteiger charge is -2.27. The molecule has 1 amide bonds. The Bertz CT molecular complexity index is 890. The number of hydrogen-bond donors (Lipinski definition) is 2. The molecule has 4 rings (SSSR count). The highest BCUT2D eigenvalue weighted by Crippen LogP contribution is 2.34. The van der Waals surface area contributed by atoms with Crippen molar-refractivity contribution in [2.75, 3.05) is 0 Å². The third-order valence-corrected chi connectivity index (χ3v) is 4.67. The minimum Gasteiger partial charge on any atom is -0.361 e. The van der Waals surface area contributed by atoms with Crippen LogP contribution >= 0.6 is 0 Å². The van der Waals surface area contributed by atoms with Crippen LogP contribution in [0.15, 0.2) is 54.7 Å². The van der Waals surface area contributed by atoms with Crippen LogP contribution in [-0.4, -0.2) is 21.8 Å². The van der Waals surface area contributed by atoms with Gasteiger partial charge >= 0.3 is 0 Å². The van der Waals surface area contributed by atoms with Crippen molar-refractivity contribution in [1.82, 2.24) is 9.88 Å². The van der Waals surface area contributed by atoms with E-state index >= 15 is 0 Å². The molecule has 0 unspecified atom stereocenters.